The Morgan fingerprint density at radius 3 is 2.08 bits per heavy atom. The second-order valence-electron chi connectivity index (χ2n) is 1.69. The van der Waals surface area contributed by atoms with Crippen LogP contribution in [0.5, 0.6) is 0 Å². The van der Waals surface area contributed by atoms with E-state index in [-0.39, 0.29) is 12.4 Å². The summed E-state index contributed by atoms with van der Waals surface area (Å²) in [5, 5.41) is 25.3. The minimum absolute atomic E-state index is 0.164. The van der Waals surface area contributed by atoms with Crippen LogP contribution >= 0.6 is 0 Å². The summed E-state index contributed by atoms with van der Waals surface area (Å²) in [5.74, 6) is -1.06. The lowest BCUT2D eigenvalue weighted by atomic mass is 10.6. The number of hydrogen-bond acceptors (Lipinski definition) is 4. The van der Waals surface area contributed by atoms with E-state index in [0.29, 0.717) is 0 Å². The molecule has 7 heteroatoms. The van der Waals surface area contributed by atoms with Gasteiger partial charge in [0.2, 0.25) is 0 Å². The molecular weight excluding hydrogens is 166 g/mol. The van der Waals surface area contributed by atoms with Gasteiger partial charge in [0.15, 0.2) is 0 Å². The fraction of sp³-hybridized carbons (Fsp3) is 0.400. The van der Waals surface area contributed by atoms with Crippen molar-refractivity contribution in [3.8, 4) is 0 Å². The summed E-state index contributed by atoms with van der Waals surface area (Å²) >= 11 is 0. The average molecular weight is 176 g/mol. The number of nitrogens with one attached hydrogen (secondary N) is 2. The molecule has 0 aliphatic heterocycles. The van der Waals surface area contributed by atoms with Crippen molar-refractivity contribution in [1.82, 2.24) is 5.32 Å². The number of rotatable bonds is 2. The van der Waals surface area contributed by atoms with Gasteiger partial charge in [-0.25, -0.2) is 0 Å². The van der Waals surface area contributed by atoms with E-state index in [1.807, 2.05) is 0 Å². The van der Waals surface area contributed by atoms with Crippen LogP contribution in [0.15, 0.2) is 0 Å². The van der Waals surface area contributed by atoms with E-state index < -0.39 is 12.1 Å². The molecule has 1 amide bonds. The number of carbonyl (C=O) groups excluding carboxylic acids is 1. The van der Waals surface area contributed by atoms with Crippen LogP contribution in [-0.4, -0.2) is 29.5 Å². The summed E-state index contributed by atoms with van der Waals surface area (Å²) < 4.78 is 0. The molecule has 0 bridgehead atoms. The predicted octanol–water partition coefficient (Wildman–Crippen LogP) is -2.05. The molecule has 0 aromatic rings. The van der Waals surface area contributed by atoms with Crippen molar-refractivity contribution in [2.75, 3.05) is 6.54 Å². The second-order valence-corrected chi connectivity index (χ2v) is 1.69. The molecular formula is C5H10N3O4-. The van der Waals surface area contributed by atoms with Gasteiger partial charge in [-0.2, -0.15) is 0 Å². The molecule has 0 aliphatic carbocycles. The van der Waals surface area contributed by atoms with E-state index >= 15 is 0 Å². The zero-order chi connectivity index (χ0) is 10.1. The minimum Gasteiger partial charge on any atom is -0.530 e. The van der Waals surface area contributed by atoms with Crippen LogP contribution in [0.2, 0.25) is 0 Å². The number of carboxylic acid groups (broad SMARTS) is 2. The Labute approximate surface area is 68.7 Å². The van der Waals surface area contributed by atoms with Crippen molar-refractivity contribution in [1.29, 1.82) is 5.41 Å². The minimum atomic E-state index is -1.42. The van der Waals surface area contributed by atoms with E-state index in [1.165, 1.54) is 0 Å². The zero-order valence-electron chi connectivity index (χ0n) is 6.46. The summed E-state index contributed by atoms with van der Waals surface area (Å²) in [6, 6.07) is 0. The van der Waals surface area contributed by atoms with Crippen molar-refractivity contribution < 1.29 is 19.8 Å². The largest absolute Gasteiger partial charge is 0.530 e. The van der Waals surface area contributed by atoms with Crippen molar-refractivity contribution in [2.45, 2.75) is 6.92 Å². The summed E-state index contributed by atoms with van der Waals surface area (Å²) in [4.78, 5) is 18.5. The number of aliphatic carboxylic acids is 1. The maximum Gasteiger partial charge on any atom is 0.300 e. The first-order valence-corrected chi connectivity index (χ1v) is 2.83. The van der Waals surface area contributed by atoms with Gasteiger partial charge in [-0.3, -0.25) is 10.2 Å². The Kier molecular flexibility index (Phi) is 7.84. The van der Waals surface area contributed by atoms with Gasteiger partial charge in [-0.1, -0.05) is 0 Å². The number of amidine groups is 1. The summed E-state index contributed by atoms with van der Waals surface area (Å²) in [6.07, 6.45) is -1.42. The fourth-order valence-electron chi connectivity index (χ4n) is 0.167. The van der Waals surface area contributed by atoms with Gasteiger partial charge in [-0.15, -0.1) is 0 Å². The molecule has 0 radical (unpaired) electrons. The molecule has 0 aromatic carbocycles. The Bertz CT molecular complexity index is 162. The number of nitrogens with two attached hydrogens (primary N) is 1. The van der Waals surface area contributed by atoms with Gasteiger partial charge < -0.3 is 26.1 Å². The first-order chi connectivity index (χ1) is 5.36. The first-order valence-electron chi connectivity index (χ1n) is 2.83. The third-order valence-electron chi connectivity index (χ3n) is 0.423. The molecule has 0 atom stereocenters. The highest BCUT2D eigenvalue weighted by molar-refractivity contribution is 5.81. The molecule has 0 aliphatic rings. The zero-order valence-corrected chi connectivity index (χ0v) is 6.46. The summed E-state index contributed by atoms with van der Waals surface area (Å²) in [5.41, 5.74) is 4.77. The van der Waals surface area contributed by atoms with Crippen LogP contribution in [0.3, 0.4) is 0 Å². The van der Waals surface area contributed by atoms with E-state index in [1.54, 1.807) is 5.32 Å². The highest BCUT2D eigenvalue weighted by atomic mass is 16.4. The fourth-order valence-corrected chi connectivity index (χ4v) is 0.167. The number of amides is 1. The SMILES string of the molecule is CC(=O)O.N=C(N)CNC(=O)[O-]. The van der Waals surface area contributed by atoms with Crippen molar-refractivity contribution >= 4 is 17.9 Å². The molecule has 0 fully saturated rings. The number of carbonyl (C=O) groups is 2. The molecule has 0 spiro atoms. The molecule has 0 rings (SSSR count). The Hall–Kier alpha value is -1.79. The lowest BCUT2D eigenvalue weighted by Gasteiger charge is -2.02. The molecule has 0 saturated carbocycles. The van der Waals surface area contributed by atoms with Gasteiger partial charge in [-0.05, 0) is 0 Å². The number of hydrogen-bond donors (Lipinski definition) is 4. The maximum absolute atomic E-state index is 9.53. The van der Waals surface area contributed by atoms with E-state index in [0.717, 1.165) is 6.92 Å². The molecule has 0 unspecified atom stereocenters. The third-order valence-corrected chi connectivity index (χ3v) is 0.423. The lowest BCUT2D eigenvalue weighted by Crippen LogP contribution is -2.41. The van der Waals surface area contributed by atoms with Gasteiger partial charge in [0.25, 0.3) is 5.97 Å². The topological polar surface area (TPSA) is 139 Å². The van der Waals surface area contributed by atoms with Gasteiger partial charge in [0.05, 0.1) is 6.54 Å². The Morgan fingerprint density at radius 1 is 1.67 bits per heavy atom. The quantitative estimate of drug-likeness (QED) is 0.283. The summed E-state index contributed by atoms with van der Waals surface area (Å²) in [7, 11) is 0. The molecule has 7 nitrogen and oxygen atoms in total. The third kappa shape index (κ3) is 41.4. The van der Waals surface area contributed by atoms with Gasteiger partial charge in [0.1, 0.15) is 11.9 Å². The highest BCUT2D eigenvalue weighted by Crippen LogP contribution is 1.54. The first kappa shape index (κ1) is 12.8. The molecule has 0 heterocycles. The highest BCUT2D eigenvalue weighted by Gasteiger charge is 1.84. The molecule has 5 N–H and O–H groups in total. The van der Waals surface area contributed by atoms with Crippen LogP contribution in [0.4, 0.5) is 4.79 Å². The smallest absolute Gasteiger partial charge is 0.300 e. The molecule has 0 saturated heterocycles. The van der Waals surface area contributed by atoms with Crippen LogP contribution in [0.25, 0.3) is 0 Å². The number of carboxylic acids is 1. The van der Waals surface area contributed by atoms with Gasteiger partial charge >= 0.3 is 0 Å². The average Bonchev–Trinajstić information content (AvgIpc) is 1.82. The van der Waals surface area contributed by atoms with Crippen molar-refractivity contribution in [3.05, 3.63) is 0 Å². The molecule has 12 heavy (non-hydrogen) atoms. The van der Waals surface area contributed by atoms with Crippen LogP contribution in [0.1, 0.15) is 6.92 Å². The predicted molar refractivity (Wildman–Crippen MR) is 38.6 cm³/mol. The normalized spacial score (nSPS) is 7.42. The standard InChI is InChI=1S/C3H7N3O2.C2H4O2/c4-2(5)1-6-3(7)8;1-2(3)4/h6H,1H2,(H3,4,5)(H,7,8);1H3,(H,3,4)/p-1. The second kappa shape index (κ2) is 7.32. The van der Waals surface area contributed by atoms with Crippen molar-refractivity contribution in [3.63, 3.8) is 0 Å². The summed E-state index contributed by atoms with van der Waals surface area (Å²) in [6.45, 7) is 0.919. The van der Waals surface area contributed by atoms with Crippen LogP contribution in [-0.2, 0) is 4.79 Å². The Morgan fingerprint density at radius 2 is 2.00 bits per heavy atom. The molecule has 70 valence electrons. The van der Waals surface area contributed by atoms with E-state index in [4.69, 9.17) is 21.0 Å². The molecule has 0 aromatic heterocycles. The maximum atomic E-state index is 9.53. The van der Waals surface area contributed by atoms with Crippen molar-refractivity contribution in [2.24, 2.45) is 5.73 Å². The van der Waals surface area contributed by atoms with Crippen LogP contribution in [0, 0.1) is 5.41 Å². The van der Waals surface area contributed by atoms with Crippen LogP contribution < -0.4 is 16.2 Å². The van der Waals surface area contributed by atoms with E-state index in [2.05, 4.69) is 0 Å². The Balaban J connectivity index is 0. The monoisotopic (exact) mass is 176 g/mol. The van der Waals surface area contributed by atoms with E-state index in [9.17, 15) is 9.90 Å². The lowest BCUT2D eigenvalue weighted by molar-refractivity contribution is -0.250. The van der Waals surface area contributed by atoms with Gasteiger partial charge in [0, 0.05) is 6.92 Å².